The zero-order valence-corrected chi connectivity index (χ0v) is 15.1. The number of carboxylic acid groups (broad SMARTS) is 1. The number of amides is 1. The van der Waals surface area contributed by atoms with Gasteiger partial charge in [0, 0.05) is 27.3 Å². The normalized spacial score (nSPS) is 11.2. The first-order chi connectivity index (χ1) is 11.5. The highest BCUT2D eigenvalue weighted by atomic mass is 32.2. The molecule has 1 amide bonds. The Morgan fingerprint density at radius 3 is 2.36 bits per heavy atom. The van der Waals surface area contributed by atoms with Crippen LogP contribution in [0.4, 0.5) is 5.69 Å². The summed E-state index contributed by atoms with van der Waals surface area (Å²) in [4.78, 5) is 24.3. The maximum absolute atomic E-state index is 12.6. The predicted octanol–water partition coefficient (Wildman–Crippen LogP) is 1.53. The van der Waals surface area contributed by atoms with E-state index in [4.69, 9.17) is 5.11 Å². The van der Waals surface area contributed by atoms with Crippen LogP contribution in [-0.2, 0) is 17.1 Å². The first-order valence-electron chi connectivity index (χ1n) is 7.27. The third kappa shape index (κ3) is 3.82. The molecule has 0 saturated heterocycles. The van der Waals surface area contributed by atoms with Gasteiger partial charge in [0.1, 0.15) is 10.6 Å². The average molecular weight is 365 g/mol. The second kappa shape index (κ2) is 6.60. The minimum absolute atomic E-state index is 0.0538. The van der Waals surface area contributed by atoms with Crippen molar-refractivity contribution in [1.29, 1.82) is 0 Å². The lowest BCUT2D eigenvalue weighted by atomic mass is 10.1. The number of carbonyl (C=O) groups is 2. The maximum Gasteiger partial charge on any atom is 0.335 e. The molecule has 9 heteroatoms. The molecule has 25 heavy (non-hydrogen) atoms. The molecule has 0 fully saturated rings. The number of rotatable bonds is 5. The van der Waals surface area contributed by atoms with Crippen LogP contribution in [0.5, 0.6) is 0 Å². The van der Waals surface area contributed by atoms with E-state index >= 15 is 0 Å². The van der Waals surface area contributed by atoms with E-state index in [0.29, 0.717) is 5.56 Å². The molecule has 0 bridgehead atoms. The van der Waals surface area contributed by atoms with E-state index < -0.39 is 16.0 Å². The molecule has 1 aromatic heterocycles. The zero-order chi connectivity index (χ0) is 18.9. The first kappa shape index (κ1) is 18.5. The second-order valence-electron chi connectivity index (χ2n) is 5.81. The standard InChI is InChI=1S/C16H19N3O5S/c1-10-7-11(16(21)22)5-6-13(10)17-25(23,24)12-8-14(19(4)9-12)15(20)18(2)3/h5-9,17H,1-4H3,(H,21,22). The fraction of sp³-hybridized carbons (Fsp3) is 0.250. The number of carbonyl (C=O) groups excluding carboxylic acids is 1. The van der Waals surface area contributed by atoms with Crippen LogP contribution in [0.25, 0.3) is 0 Å². The van der Waals surface area contributed by atoms with Gasteiger partial charge in [-0.3, -0.25) is 9.52 Å². The number of anilines is 1. The van der Waals surface area contributed by atoms with E-state index in [9.17, 15) is 18.0 Å². The van der Waals surface area contributed by atoms with Crippen molar-refractivity contribution in [3.63, 3.8) is 0 Å². The average Bonchev–Trinajstić information content (AvgIpc) is 2.90. The van der Waals surface area contributed by atoms with E-state index in [0.717, 1.165) is 0 Å². The van der Waals surface area contributed by atoms with Crippen LogP contribution in [0.2, 0.25) is 0 Å². The van der Waals surface area contributed by atoms with E-state index in [1.165, 1.54) is 39.9 Å². The molecule has 2 aromatic rings. The molecule has 0 radical (unpaired) electrons. The third-order valence-corrected chi connectivity index (χ3v) is 4.97. The second-order valence-corrected chi connectivity index (χ2v) is 7.49. The molecule has 0 unspecified atom stereocenters. The van der Waals surface area contributed by atoms with Crippen LogP contribution in [0.3, 0.4) is 0 Å². The van der Waals surface area contributed by atoms with Gasteiger partial charge in [-0.15, -0.1) is 0 Å². The summed E-state index contributed by atoms with van der Waals surface area (Å²) in [7, 11) is 0.824. The Bertz CT molecular complexity index is 945. The number of benzene rings is 1. The Kier molecular flexibility index (Phi) is 4.89. The highest BCUT2D eigenvalue weighted by molar-refractivity contribution is 7.92. The molecule has 0 spiro atoms. The maximum atomic E-state index is 12.6. The third-order valence-electron chi connectivity index (χ3n) is 3.63. The van der Waals surface area contributed by atoms with E-state index in [2.05, 4.69) is 4.72 Å². The van der Waals surface area contributed by atoms with Crippen molar-refractivity contribution in [3.8, 4) is 0 Å². The number of nitrogens with one attached hydrogen (secondary N) is 1. The molecule has 0 saturated carbocycles. The molecule has 0 aliphatic rings. The fourth-order valence-electron chi connectivity index (χ4n) is 2.24. The van der Waals surface area contributed by atoms with Crippen LogP contribution in [0.1, 0.15) is 26.4 Å². The lowest BCUT2D eigenvalue weighted by Gasteiger charge is -2.10. The Morgan fingerprint density at radius 1 is 1.20 bits per heavy atom. The Balaban J connectivity index is 2.36. The van der Waals surface area contributed by atoms with Crippen molar-refractivity contribution in [1.82, 2.24) is 9.47 Å². The summed E-state index contributed by atoms with van der Waals surface area (Å²) in [6.07, 6.45) is 1.35. The van der Waals surface area contributed by atoms with Gasteiger partial charge in [-0.1, -0.05) is 0 Å². The number of aryl methyl sites for hydroxylation is 2. The van der Waals surface area contributed by atoms with Gasteiger partial charge in [-0.05, 0) is 36.8 Å². The Hall–Kier alpha value is -2.81. The summed E-state index contributed by atoms with van der Waals surface area (Å²) >= 11 is 0. The fourth-order valence-corrected chi connectivity index (χ4v) is 3.44. The largest absolute Gasteiger partial charge is 0.478 e. The predicted molar refractivity (Wildman–Crippen MR) is 92.4 cm³/mol. The summed E-state index contributed by atoms with van der Waals surface area (Å²) in [6, 6.07) is 5.39. The lowest BCUT2D eigenvalue weighted by molar-refractivity contribution is 0.0696. The van der Waals surface area contributed by atoms with Gasteiger partial charge in [0.25, 0.3) is 15.9 Å². The number of carboxylic acids is 1. The summed E-state index contributed by atoms with van der Waals surface area (Å²) < 4.78 is 29.0. The molecule has 134 valence electrons. The molecule has 2 N–H and O–H groups in total. The van der Waals surface area contributed by atoms with E-state index in [-0.39, 0.29) is 27.7 Å². The smallest absolute Gasteiger partial charge is 0.335 e. The summed E-state index contributed by atoms with van der Waals surface area (Å²) in [5.41, 5.74) is 1.06. The molecule has 1 aromatic carbocycles. The quantitative estimate of drug-likeness (QED) is 0.835. The molecule has 0 aliphatic heterocycles. The Morgan fingerprint density at radius 2 is 1.84 bits per heavy atom. The molecule has 8 nitrogen and oxygen atoms in total. The van der Waals surface area contributed by atoms with Gasteiger partial charge >= 0.3 is 5.97 Å². The van der Waals surface area contributed by atoms with E-state index in [1.54, 1.807) is 28.1 Å². The molecule has 0 aliphatic carbocycles. The van der Waals surface area contributed by atoms with Crippen LogP contribution in [-0.4, -0.2) is 49.0 Å². The van der Waals surface area contributed by atoms with Gasteiger partial charge in [0.15, 0.2) is 0 Å². The van der Waals surface area contributed by atoms with E-state index in [1.807, 2.05) is 0 Å². The van der Waals surface area contributed by atoms with Gasteiger partial charge in [0.2, 0.25) is 0 Å². The van der Waals surface area contributed by atoms with Gasteiger partial charge < -0.3 is 14.6 Å². The number of aromatic nitrogens is 1. The first-order valence-corrected chi connectivity index (χ1v) is 8.76. The summed E-state index contributed by atoms with van der Waals surface area (Å²) in [5.74, 6) is -1.40. The van der Waals surface area contributed by atoms with Crippen LogP contribution >= 0.6 is 0 Å². The lowest BCUT2D eigenvalue weighted by Crippen LogP contribution is -2.23. The number of sulfonamides is 1. The minimum Gasteiger partial charge on any atom is -0.478 e. The number of hydrogen-bond donors (Lipinski definition) is 2. The minimum atomic E-state index is -3.92. The monoisotopic (exact) mass is 365 g/mol. The van der Waals surface area contributed by atoms with Crippen molar-refractivity contribution < 1.29 is 23.1 Å². The van der Waals surface area contributed by atoms with Gasteiger partial charge in [-0.25, -0.2) is 13.2 Å². The topological polar surface area (TPSA) is 109 Å². The number of hydrogen-bond acceptors (Lipinski definition) is 4. The van der Waals surface area contributed by atoms with Crippen molar-refractivity contribution >= 4 is 27.6 Å². The number of nitrogens with zero attached hydrogens (tertiary/aromatic N) is 2. The molecular formula is C16H19N3O5S. The van der Waals surface area contributed by atoms with Crippen LogP contribution < -0.4 is 4.72 Å². The SMILES string of the molecule is Cc1cc(C(=O)O)ccc1NS(=O)(=O)c1cc(C(=O)N(C)C)n(C)c1. The highest BCUT2D eigenvalue weighted by Gasteiger charge is 2.22. The molecule has 1 heterocycles. The van der Waals surface area contributed by atoms with Gasteiger partial charge in [0.05, 0.1) is 11.3 Å². The van der Waals surface area contributed by atoms with Crippen LogP contribution in [0.15, 0.2) is 35.4 Å². The van der Waals surface area contributed by atoms with Crippen molar-refractivity contribution in [2.75, 3.05) is 18.8 Å². The van der Waals surface area contributed by atoms with Crippen molar-refractivity contribution in [3.05, 3.63) is 47.3 Å². The zero-order valence-electron chi connectivity index (χ0n) is 14.3. The van der Waals surface area contributed by atoms with Gasteiger partial charge in [-0.2, -0.15) is 0 Å². The molecule has 2 rings (SSSR count). The highest BCUT2D eigenvalue weighted by Crippen LogP contribution is 2.22. The van der Waals surface area contributed by atoms with Crippen molar-refractivity contribution in [2.45, 2.75) is 11.8 Å². The van der Waals surface area contributed by atoms with Crippen LogP contribution in [0, 0.1) is 6.92 Å². The summed E-state index contributed by atoms with van der Waals surface area (Å²) in [5, 5.41) is 8.96. The number of aromatic carboxylic acids is 1. The van der Waals surface area contributed by atoms with Crippen molar-refractivity contribution in [2.24, 2.45) is 7.05 Å². The molecule has 0 atom stereocenters. The molecular weight excluding hydrogens is 346 g/mol. The summed E-state index contributed by atoms with van der Waals surface area (Å²) in [6.45, 7) is 1.61. The Labute approximate surface area is 145 Å².